The van der Waals surface area contributed by atoms with E-state index in [-0.39, 0.29) is 0 Å². The van der Waals surface area contributed by atoms with E-state index in [4.69, 9.17) is 5.73 Å². The Bertz CT molecular complexity index is 348. The summed E-state index contributed by atoms with van der Waals surface area (Å²) in [6, 6.07) is 9.40. The molecule has 2 nitrogen and oxygen atoms in total. The van der Waals surface area contributed by atoms with Crippen LogP contribution >= 0.6 is 15.9 Å². The monoisotopic (exact) mass is 326 g/mol. The highest BCUT2D eigenvalue weighted by atomic mass is 79.9. The number of rotatable bonds is 8. The van der Waals surface area contributed by atoms with Crippen LogP contribution in [0.15, 0.2) is 28.7 Å². The molecule has 0 spiro atoms. The molecular formula is C16H27BrN2. The van der Waals surface area contributed by atoms with E-state index >= 15 is 0 Å². The van der Waals surface area contributed by atoms with Crippen molar-refractivity contribution in [2.45, 2.75) is 52.1 Å². The third-order valence-corrected chi connectivity index (χ3v) is 4.09. The van der Waals surface area contributed by atoms with Crippen molar-refractivity contribution in [3.63, 3.8) is 0 Å². The lowest BCUT2D eigenvalue weighted by molar-refractivity contribution is 0.154. The maximum absolute atomic E-state index is 6.03. The lowest BCUT2D eigenvalue weighted by Gasteiger charge is -2.34. The fourth-order valence-electron chi connectivity index (χ4n) is 2.47. The molecule has 1 unspecified atom stereocenters. The molecular weight excluding hydrogens is 300 g/mol. The van der Waals surface area contributed by atoms with Gasteiger partial charge in [-0.3, -0.25) is 4.90 Å². The first kappa shape index (κ1) is 16.7. The van der Waals surface area contributed by atoms with Crippen LogP contribution in [-0.2, 0) is 0 Å². The van der Waals surface area contributed by atoms with Gasteiger partial charge in [-0.1, -0.05) is 47.8 Å². The molecule has 0 aliphatic carbocycles. The summed E-state index contributed by atoms with van der Waals surface area (Å²) < 4.78 is 1.12. The summed E-state index contributed by atoms with van der Waals surface area (Å²) in [4.78, 5) is 2.53. The molecule has 108 valence electrons. The van der Waals surface area contributed by atoms with Gasteiger partial charge in [-0.25, -0.2) is 0 Å². The van der Waals surface area contributed by atoms with Crippen molar-refractivity contribution in [1.82, 2.24) is 4.90 Å². The van der Waals surface area contributed by atoms with Crippen LogP contribution < -0.4 is 5.73 Å². The molecule has 0 aliphatic rings. The molecule has 1 rings (SSSR count). The number of nitrogens with two attached hydrogens (primary N) is 1. The highest BCUT2D eigenvalue weighted by Gasteiger charge is 2.21. The van der Waals surface area contributed by atoms with E-state index in [0.29, 0.717) is 18.6 Å². The van der Waals surface area contributed by atoms with Crippen molar-refractivity contribution in [3.8, 4) is 0 Å². The summed E-state index contributed by atoms with van der Waals surface area (Å²) in [5, 5.41) is 0. The van der Waals surface area contributed by atoms with Crippen molar-refractivity contribution >= 4 is 15.9 Å². The molecule has 0 bridgehead atoms. The summed E-state index contributed by atoms with van der Waals surface area (Å²) in [5.74, 6) is 0. The molecule has 0 aliphatic heterocycles. The van der Waals surface area contributed by atoms with Crippen LogP contribution in [0.25, 0.3) is 0 Å². The van der Waals surface area contributed by atoms with Crippen LogP contribution in [0.2, 0.25) is 0 Å². The van der Waals surface area contributed by atoms with Gasteiger partial charge in [-0.2, -0.15) is 0 Å². The van der Waals surface area contributed by atoms with Crippen molar-refractivity contribution < 1.29 is 0 Å². The van der Waals surface area contributed by atoms with Gasteiger partial charge in [0.2, 0.25) is 0 Å². The topological polar surface area (TPSA) is 29.3 Å². The van der Waals surface area contributed by atoms with Crippen LogP contribution in [0, 0.1) is 0 Å². The molecule has 3 heteroatoms. The summed E-state index contributed by atoms with van der Waals surface area (Å²) in [6.45, 7) is 8.56. The number of hydrogen-bond donors (Lipinski definition) is 1. The van der Waals surface area contributed by atoms with E-state index in [0.717, 1.165) is 11.0 Å². The average Bonchev–Trinajstić information content (AvgIpc) is 2.39. The van der Waals surface area contributed by atoms with Gasteiger partial charge in [0.25, 0.3) is 0 Å². The zero-order valence-corrected chi connectivity index (χ0v) is 14.0. The van der Waals surface area contributed by atoms with Gasteiger partial charge in [0.1, 0.15) is 0 Å². The van der Waals surface area contributed by atoms with Crippen LogP contribution in [0.3, 0.4) is 0 Å². The van der Waals surface area contributed by atoms with E-state index in [1.807, 2.05) is 0 Å². The smallest absolute Gasteiger partial charge is 0.0473 e. The molecule has 1 atom stereocenters. The van der Waals surface area contributed by atoms with Gasteiger partial charge in [0.15, 0.2) is 0 Å². The van der Waals surface area contributed by atoms with E-state index in [1.54, 1.807) is 0 Å². The Balaban J connectivity index is 2.80. The SMILES string of the molecule is CCCCCN(C(C)C)C(CN)c1ccc(Br)cc1. The fourth-order valence-corrected chi connectivity index (χ4v) is 2.73. The summed E-state index contributed by atoms with van der Waals surface area (Å²) in [7, 11) is 0. The first-order valence-electron chi connectivity index (χ1n) is 7.31. The Labute approximate surface area is 126 Å². The fraction of sp³-hybridized carbons (Fsp3) is 0.625. The molecule has 2 N–H and O–H groups in total. The first-order chi connectivity index (χ1) is 9.10. The summed E-state index contributed by atoms with van der Waals surface area (Å²) in [5.41, 5.74) is 7.35. The van der Waals surface area contributed by atoms with Gasteiger partial charge in [-0.15, -0.1) is 0 Å². The Morgan fingerprint density at radius 3 is 2.26 bits per heavy atom. The second-order valence-corrected chi connectivity index (χ2v) is 6.26. The van der Waals surface area contributed by atoms with Gasteiger partial charge < -0.3 is 5.73 Å². The minimum atomic E-state index is 0.324. The number of benzene rings is 1. The Morgan fingerprint density at radius 1 is 1.16 bits per heavy atom. The molecule has 19 heavy (non-hydrogen) atoms. The zero-order valence-electron chi connectivity index (χ0n) is 12.4. The van der Waals surface area contributed by atoms with Crippen LogP contribution in [0.1, 0.15) is 51.6 Å². The summed E-state index contributed by atoms with van der Waals surface area (Å²) in [6.07, 6.45) is 3.81. The molecule has 0 saturated carbocycles. The van der Waals surface area contributed by atoms with Crippen molar-refractivity contribution in [2.24, 2.45) is 5.73 Å². The van der Waals surface area contributed by atoms with Crippen LogP contribution in [0.5, 0.6) is 0 Å². The second-order valence-electron chi connectivity index (χ2n) is 5.34. The lowest BCUT2D eigenvalue weighted by Crippen LogP contribution is -2.39. The third kappa shape index (κ3) is 5.25. The van der Waals surface area contributed by atoms with Crippen molar-refractivity contribution in [2.75, 3.05) is 13.1 Å². The van der Waals surface area contributed by atoms with Gasteiger partial charge in [0, 0.05) is 23.1 Å². The molecule has 1 aromatic rings. The maximum Gasteiger partial charge on any atom is 0.0473 e. The molecule has 0 fully saturated rings. The van der Waals surface area contributed by atoms with E-state index < -0.39 is 0 Å². The first-order valence-corrected chi connectivity index (χ1v) is 8.10. The van der Waals surface area contributed by atoms with Gasteiger partial charge in [0.05, 0.1) is 0 Å². The molecule has 1 aromatic carbocycles. The Morgan fingerprint density at radius 2 is 1.79 bits per heavy atom. The number of halogens is 1. The van der Waals surface area contributed by atoms with E-state index in [9.17, 15) is 0 Å². The third-order valence-electron chi connectivity index (χ3n) is 3.56. The summed E-state index contributed by atoms with van der Waals surface area (Å²) >= 11 is 3.49. The van der Waals surface area contributed by atoms with Gasteiger partial charge >= 0.3 is 0 Å². The molecule has 0 radical (unpaired) electrons. The number of unbranched alkanes of at least 4 members (excludes halogenated alkanes) is 2. The standard InChI is InChI=1S/C16H27BrN2/c1-4-5-6-11-19(13(2)3)16(12-18)14-7-9-15(17)10-8-14/h7-10,13,16H,4-6,11-12,18H2,1-3H3. The number of hydrogen-bond acceptors (Lipinski definition) is 2. The molecule has 0 heterocycles. The zero-order chi connectivity index (χ0) is 14.3. The van der Waals surface area contributed by atoms with Crippen molar-refractivity contribution in [1.29, 1.82) is 0 Å². The highest BCUT2D eigenvalue weighted by molar-refractivity contribution is 9.10. The lowest BCUT2D eigenvalue weighted by atomic mass is 10.0. The van der Waals surface area contributed by atoms with E-state index in [1.165, 1.54) is 24.8 Å². The average molecular weight is 327 g/mol. The molecule has 0 aromatic heterocycles. The Kier molecular flexibility index (Phi) is 7.66. The highest BCUT2D eigenvalue weighted by Crippen LogP contribution is 2.24. The quantitative estimate of drug-likeness (QED) is 0.719. The van der Waals surface area contributed by atoms with Crippen molar-refractivity contribution in [3.05, 3.63) is 34.3 Å². The van der Waals surface area contributed by atoms with E-state index in [2.05, 4.69) is 65.9 Å². The number of nitrogens with zero attached hydrogens (tertiary/aromatic N) is 1. The minimum Gasteiger partial charge on any atom is -0.329 e. The van der Waals surface area contributed by atoms with Crippen LogP contribution in [-0.4, -0.2) is 24.0 Å². The van der Waals surface area contributed by atoms with Gasteiger partial charge in [-0.05, 0) is 44.5 Å². The predicted molar refractivity (Wildman–Crippen MR) is 87.3 cm³/mol. The second kappa shape index (κ2) is 8.72. The minimum absolute atomic E-state index is 0.324. The normalized spacial score (nSPS) is 13.2. The largest absolute Gasteiger partial charge is 0.329 e. The maximum atomic E-state index is 6.03. The molecule has 0 saturated heterocycles. The predicted octanol–water partition coefficient (Wildman–Crippen LogP) is 4.35. The molecule has 0 amide bonds. The van der Waals surface area contributed by atoms with Crippen LogP contribution in [0.4, 0.5) is 0 Å². The Hall–Kier alpha value is -0.380.